The standard InChI is InChI=1S/C25H29N3O3/c1-19-17-21(20(2)28(19)18-24-5-4-16-31-24)6-11-25(29)27-14-12-26(13-15-27)22-7-9-23(30-3)10-8-22/h4-11,16-17H,12-15,18H2,1-3H3/b11-6+. The number of benzene rings is 1. The number of rotatable bonds is 6. The summed E-state index contributed by atoms with van der Waals surface area (Å²) in [7, 11) is 1.67. The highest BCUT2D eigenvalue weighted by Gasteiger charge is 2.20. The van der Waals surface area contributed by atoms with Crippen LogP contribution in [0.25, 0.3) is 6.08 Å². The molecular formula is C25H29N3O3. The first-order valence-electron chi connectivity index (χ1n) is 10.6. The monoisotopic (exact) mass is 419 g/mol. The van der Waals surface area contributed by atoms with Gasteiger partial charge in [-0.2, -0.15) is 0 Å². The van der Waals surface area contributed by atoms with E-state index in [2.05, 4.69) is 41.5 Å². The van der Waals surface area contributed by atoms with E-state index in [0.717, 1.165) is 47.2 Å². The van der Waals surface area contributed by atoms with Crippen molar-refractivity contribution in [2.75, 3.05) is 38.2 Å². The number of hydrogen-bond acceptors (Lipinski definition) is 4. The van der Waals surface area contributed by atoms with Gasteiger partial charge < -0.3 is 23.5 Å². The number of hydrogen-bond donors (Lipinski definition) is 0. The van der Waals surface area contributed by atoms with Crippen molar-refractivity contribution >= 4 is 17.7 Å². The van der Waals surface area contributed by atoms with Gasteiger partial charge in [-0.15, -0.1) is 0 Å². The Morgan fingerprint density at radius 1 is 1.10 bits per heavy atom. The van der Waals surface area contributed by atoms with Crippen LogP contribution in [0.1, 0.15) is 22.7 Å². The molecule has 0 radical (unpaired) electrons. The Kier molecular flexibility index (Phi) is 6.16. The zero-order chi connectivity index (χ0) is 21.8. The molecular weight excluding hydrogens is 390 g/mol. The van der Waals surface area contributed by atoms with E-state index in [1.54, 1.807) is 19.4 Å². The molecule has 1 amide bonds. The van der Waals surface area contributed by atoms with Crippen LogP contribution in [0.15, 0.2) is 59.2 Å². The summed E-state index contributed by atoms with van der Waals surface area (Å²) in [4.78, 5) is 17.0. The third-order valence-corrected chi connectivity index (χ3v) is 5.94. The van der Waals surface area contributed by atoms with Crippen LogP contribution in [-0.2, 0) is 11.3 Å². The van der Waals surface area contributed by atoms with Crippen LogP contribution in [0, 0.1) is 13.8 Å². The zero-order valence-corrected chi connectivity index (χ0v) is 18.4. The third kappa shape index (κ3) is 4.68. The lowest BCUT2D eigenvalue weighted by molar-refractivity contribution is -0.126. The third-order valence-electron chi connectivity index (χ3n) is 5.94. The number of carbonyl (C=O) groups is 1. The second kappa shape index (κ2) is 9.16. The van der Waals surface area contributed by atoms with Gasteiger partial charge in [0.25, 0.3) is 0 Å². The molecule has 31 heavy (non-hydrogen) atoms. The molecule has 6 nitrogen and oxygen atoms in total. The molecule has 0 unspecified atom stereocenters. The average Bonchev–Trinajstić information content (AvgIpc) is 3.41. The maximum Gasteiger partial charge on any atom is 0.246 e. The van der Waals surface area contributed by atoms with E-state index in [0.29, 0.717) is 19.6 Å². The van der Waals surface area contributed by atoms with Gasteiger partial charge in [-0.1, -0.05) is 0 Å². The molecule has 1 aliphatic rings. The summed E-state index contributed by atoms with van der Waals surface area (Å²) in [5, 5.41) is 0. The minimum Gasteiger partial charge on any atom is -0.497 e. The minimum absolute atomic E-state index is 0.0604. The number of amides is 1. The molecule has 0 N–H and O–H groups in total. The smallest absolute Gasteiger partial charge is 0.246 e. The Morgan fingerprint density at radius 3 is 2.48 bits per heavy atom. The van der Waals surface area contributed by atoms with Gasteiger partial charge in [0, 0.05) is 49.3 Å². The quantitative estimate of drug-likeness (QED) is 0.564. The van der Waals surface area contributed by atoms with Crippen LogP contribution in [0.5, 0.6) is 5.75 Å². The number of furan rings is 1. The minimum atomic E-state index is 0.0604. The predicted molar refractivity (Wildman–Crippen MR) is 123 cm³/mol. The highest BCUT2D eigenvalue weighted by atomic mass is 16.5. The van der Waals surface area contributed by atoms with Crippen molar-refractivity contribution in [3.63, 3.8) is 0 Å². The van der Waals surface area contributed by atoms with Crippen molar-refractivity contribution in [3.8, 4) is 5.75 Å². The molecule has 0 bridgehead atoms. The van der Waals surface area contributed by atoms with Crippen LogP contribution < -0.4 is 9.64 Å². The van der Waals surface area contributed by atoms with Crippen molar-refractivity contribution in [3.05, 3.63) is 77.5 Å². The molecule has 3 heterocycles. The fourth-order valence-corrected chi connectivity index (χ4v) is 4.04. The largest absolute Gasteiger partial charge is 0.497 e. The maximum atomic E-state index is 12.7. The number of aromatic nitrogens is 1. The molecule has 0 spiro atoms. The summed E-state index contributed by atoms with van der Waals surface area (Å²) in [6, 6.07) is 14.1. The summed E-state index contributed by atoms with van der Waals surface area (Å²) in [6.45, 7) is 7.92. The van der Waals surface area contributed by atoms with Crippen LogP contribution in [0.4, 0.5) is 5.69 Å². The summed E-state index contributed by atoms with van der Waals surface area (Å²) >= 11 is 0. The Morgan fingerprint density at radius 2 is 1.84 bits per heavy atom. The maximum absolute atomic E-state index is 12.7. The van der Waals surface area contributed by atoms with E-state index in [-0.39, 0.29) is 5.91 Å². The second-order valence-corrected chi connectivity index (χ2v) is 7.84. The Balaban J connectivity index is 1.35. The van der Waals surface area contributed by atoms with E-state index in [1.165, 1.54) is 0 Å². The van der Waals surface area contributed by atoms with Gasteiger partial charge in [0.2, 0.25) is 5.91 Å². The van der Waals surface area contributed by atoms with Crippen LogP contribution >= 0.6 is 0 Å². The van der Waals surface area contributed by atoms with Gasteiger partial charge in [-0.3, -0.25) is 4.79 Å². The van der Waals surface area contributed by atoms with Crippen LogP contribution in [-0.4, -0.2) is 48.7 Å². The molecule has 3 aromatic rings. The van der Waals surface area contributed by atoms with Crippen molar-refractivity contribution in [2.24, 2.45) is 0 Å². The molecule has 1 fully saturated rings. The van der Waals surface area contributed by atoms with Gasteiger partial charge in [0.1, 0.15) is 11.5 Å². The highest BCUT2D eigenvalue weighted by Crippen LogP contribution is 2.21. The van der Waals surface area contributed by atoms with Gasteiger partial charge in [-0.25, -0.2) is 0 Å². The number of methoxy groups -OCH3 is 1. The molecule has 1 aromatic carbocycles. The number of piperazine rings is 1. The number of anilines is 1. The summed E-state index contributed by atoms with van der Waals surface area (Å²) < 4.78 is 12.9. The number of aryl methyl sites for hydroxylation is 1. The molecule has 1 saturated heterocycles. The molecule has 0 atom stereocenters. The Hall–Kier alpha value is -3.41. The van der Waals surface area contributed by atoms with E-state index in [9.17, 15) is 4.79 Å². The van der Waals surface area contributed by atoms with Gasteiger partial charge in [-0.05, 0) is 68.0 Å². The molecule has 162 valence electrons. The SMILES string of the molecule is COc1ccc(N2CCN(C(=O)/C=C/c3cc(C)n(Cc4ccco4)c3C)CC2)cc1. The van der Waals surface area contributed by atoms with Gasteiger partial charge >= 0.3 is 0 Å². The number of nitrogens with zero attached hydrogens (tertiary/aromatic N) is 3. The van der Waals surface area contributed by atoms with Crippen LogP contribution in [0.2, 0.25) is 0 Å². The molecule has 0 saturated carbocycles. The van der Waals surface area contributed by atoms with E-state index in [4.69, 9.17) is 9.15 Å². The first-order chi connectivity index (χ1) is 15.0. The summed E-state index contributed by atoms with van der Waals surface area (Å²) in [6.07, 6.45) is 5.32. The zero-order valence-electron chi connectivity index (χ0n) is 18.4. The van der Waals surface area contributed by atoms with Crippen molar-refractivity contribution in [1.82, 2.24) is 9.47 Å². The topological polar surface area (TPSA) is 50.9 Å². The second-order valence-electron chi connectivity index (χ2n) is 7.84. The molecule has 6 heteroatoms. The lowest BCUT2D eigenvalue weighted by atomic mass is 10.2. The van der Waals surface area contributed by atoms with Crippen LogP contribution in [0.3, 0.4) is 0 Å². The Labute approximate surface area is 183 Å². The van der Waals surface area contributed by atoms with E-state index in [1.807, 2.05) is 35.2 Å². The Bertz CT molecular complexity index is 1040. The summed E-state index contributed by atoms with van der Waals surface area (Å²) in [5.74, 6) is 1.83. The predicted octanol–water partition coefficient (Wildman–Crippen LogP) is 4.12. The molecule has 0 aliphatic carbocycles. The molecule has 1 aliphatic heterocycles. The lowest BCUT2D eigenvalue weighted by Gasteiger charge is -2.35. The first-order valence-corrected chi connectivity index (χ1v) is 10.6. The van der Waals surface area contributed by atoms with Crippen molar-refractivity contribution in [2.45, 2.75) is 20.4 Å². The van der Waals surface area contributed by atoms with Gasteiger partial charge in [0.05, 0.1) is 19.9 Å². The fourth-order valence-electron chi connectivity index (χ4n) is 4.04. The number of carbonyl (C=O) groups excluding carboxylic acids is 1. The normalized spacial score (nSPS) is 14.4. The van der Waals surface area contributed by atoms with Gasteiger partial charge in [0.15, 0.2) is 0 Å². The fraction of sp³-hybridized carbons (Fsp3) is 0.320. The number of ether oxygens (including phenoxy) is 1. The van der Waals surface area contributed by atoms with E-state index >= 15 is 0 Å². The van der Waals surface area contributed by atoms with Crippen molar-refractivity contribution in [1.29, 1.82) is 0 Å². The van der Waals surface area contributed by atoms with E-state index < -0.39 is 0 Å². The first kappa shape index (κ1) is 20.8. The average molecular weight is 420 g/mol. The summed E-state index contributed by atoms with van der Waals surface area (Å²) in [5.41, 5.74) is 4.50. The molecule has 4 rings (SSSR count). The highest BCUT2D eigenvalue weighted by molar-refractivity contribution is 5.92. The lowest BCUT2D eigenvalue weighted by Crippen LogP contribution is -2.48. The molecule has 2 aromatic heterocycles. The van der Waals surface area contributed by atoms with Crippen molar-refractivity contribution < 1.29 is 13.9 Å².